The van der Waals surface area contributed by atoms with Crippen molar-refractivity contribution < 1.29 is 8.42 Å². The zero-order valence-corrected chi connectivity index (χ0v) is 12.3. The van der Waals surface area contributed by atoms with E-state index in [4.69, 9.17) is 5.73 Å². The Morgan fingerprint density at radius 1 is 1.40 bits per heavy atom. The van der Waals surface area contributed by atoms with Gasteiger partial charge in [-0.25, -0.2) is 18.1 Å². The monoisotopic (exact) mass is 294 g/mol. The topological polar surface area (TPSA) is 90.0 Å². The van der Waals surface area contributed by atoms with Gasteiger partial charge in [-0.15, -0.1) is 0 Å². The number of imidazole rings is 1. The van der Waals surface area contributed by atoms with Gasteiger partial charge in [0.2, 0.25) is 10.0 Å². The van der Waals surface area contributed by atoms with Crippen LogP contribution in [-0.4, -0.2) is 25.0 Å². The molecule has 7 heteroatoms. The third-order valence-corrected chi connectivity index (χ3v) is 4.51. The second-order valence-electron chi connectivity index (χ2n) is 4.39. The van der Waals surface area contributed by atoms with Crippen molar-refractivity contribution in [1.82, 2.24) is 14.3 Å². The Hall–Kier alpha value is -1.86. The number of nitrogens with two attached hydrogens (primary N) is 1. The predicted octanol–water partition coefficient (Wildman–Crippen LogP) is 1.32. The summed E-state index contributed by atoms with van der Waals surface area (Å²) in [7, 11) is -2.18. The standard InChI is InChI=1S/C13H18N4O2S/c1-3-4-13-16-7-8-17(13)10-5-6-12(11(14)9-10)20(18,19)15-2/h5-9,15H,3-4,14H2,1-2H3. The van der Waals surface area contributed by atoms with Crippen LogP contribution in [0.3, 0.4) is 0 Å². The molecule has 0 saturated heterocycles. The van der Waals surface area contributed by atoms with Crippen LogP contribution in [0.25, 0.3) is 5.69 Å². The second-order valence-corrected chi connectivity index (χ2v) is 6.25. The van der Waals surface area contributed by atoms with E-state index >= 15 is 0 Å². The molecule has 6 nitrogen and oxygen atoms in total. The van der Waals surface area contributed by atoms with E-state index in [1.165, 1.54) is 13.1 Å². The number of aryl methyl sites for hydroxylation is 1. The van der Waals surface area contributed by atoms with Crippen molar-refractivity contribution in [3.8, 4) is 5.69 Å². The molecule has 0 spiro atoms. The van der Waals surface area contributed by atoms with Gasteiger partial charge in [-0.2, -0.15) is 0 Å². The smallest absolute Gasteiger partial charge is 0.242 e. The maximum atomic E-state index is 11.8. The highest BCUT2D eigenvalue weighted by Crippen LogP contribution is 2.22. The van der Waals surface area contributed by atoms with E-state index < -0.39 is 10.0 Å². The van der Waals surface area contributed by atoms with E-state index in [1.807, 2.05) is 10.8 Å². The molecule has 0 amide bonds. The van der Waals surface area contributed by atoms with Crippen LogP contribution in [-0.2, 0) is 16.4 Å². The highest BCUT2D eigenvalue weighted by molar-refractivity contribution is 7.89. The molecule has 3 N–H and O–H groups in total. The van der Waals surface area contributed by atoms with Crippen molar-refractivity contribution in [2.45, 2.75) is 24.7 Å². The third kappa shape index (κ3) is 2.68. The van der Waals surface area contributed by atoms with Crippen LogP contribution in [0.2, 0.25) is 0 Å². The Bertz CT molecular complexity index is 707. The van der Waals surface area contributed by atoms with Crippen LogP contribution < -0.4 is 10.5 Å². The quantitative estimate of drug-likeness (QED) is 0.814. The summed E-state index contributed by atoms with van der Waals surface area (Å²) in [4.78, 5) is 4.38. The molecule has 1 heterocycles. The Morgan fingerprint density at radius 3 is 2.75 bits per heavy atom. The zero-order chi connectivity index (χ0) is 14.8. The summed E-state index contributed by atoms with van der Waals surface area (Å²) < 4.78 is 27.7. The fraction of sp³-hybridized carbons (Fsp3) is 0.308. The second kappa shape index (κ2) is 5.64. The first-order valence-corrected chi connectivity index (χ1v) is 7.83. The SMILES string of the molecule is CCCc1nccn1-c1ccc(S(=O)(=O)NC)c(N)c1. The van der Waals surface area contributed by atoms with Crippen molar-refractivity contribution in [2.24, 2.45) is 0 Å². The molecular formula is C13H18N4O2S. The van der Waals surface area contributed by atoms with Crippen molar-refractivity contribution in [2.75, 3.05) is 12.8 Å². The lowest BCUT2D eigenvalue weighted by atomic mass is 10.2. The summed E-state index contributed by atoms with van der Waals surface area (Å²) in [6, 6.07) is 4.87. The first-order chi connectivity index (χ1) is 9.49. The Labute approximate surface area is 118 Å². The number of hydrogen-bond acceptors (Lipinski definition) is 4. The molecule has 0 saturated carbocycles. The van der Waals surface area contributed by atoms with E-state index in [9.17, 15) is 8.42 Å². The molecule has 0 bridgehead atoms. The van der Waals surface area contributed by atoms with E-state index in [0.29, 0.717) is 0 Å². The number of nitrogen functional groups attached to an aromatic ring is 1. The Morgan fingerprint density at radius 2 is 2.15 bits per heavy atom. The Kier molecular flexibility index (Phi) is 4.10. The minimum atomic E-state index is -3.53. The van der Waals surface area contributed by atoms with Crippen LogP contribution in [0.1, 0.15) is 19.2 Å². The fourth-order valence-corrected chi connectivity index (χ4v) is 2.85. The van der Waals surface area contributed by atoms with Crippen LogP contribution in [0.5, 0.6) is 0 Å². The number of nitrogens with one attached hydrogen (secondary N) is 1. The summed E-state index contributed by atoms with van der Waals surface area (Å²) >= 11 is 0. The molecule has 0 aliphatic heterocycles. The number of anilines is 1. The largest absolute Gasteiger partial charge is 0.398 e. The van der Waals surface area contributed by atoms with Gasteiger partial charge >= 0.3 is 0 Å². The van der Waals surface area contributed by atoms with Gasteiger partial charge in [0, 0.05) is 24.5 Å². The van der Waals surface area contributed by atoms with E-state index in [0.717, 1.165) is 24.4 Å². The minimum absolute atomic E-state index is 0.0842. The number of benzene rings is 1. The molecule has 2 rings (SSSR count). The van der Waals surface area contributed by atoms with Crippen molar-refractivity contribution in [1.29, 1.82) is 0 Å². The van der Waals surface area contributed by atoms with Gasteiger partial charge in [-0.1, -0.05) is 6.92 Å². The van der Waals surface area contributed by atoms with Crippen LogP contribution in [0, 0.1) is 0 Å². The molecule has 2 aromatic rings. The van der Waals surface area contributed by atoms with Crippen molar-refractivity contribution in [3.63, 3.8) is 0 Å². The summed E-state index contributed by atoms with van der Waals surface area (Å²) in [5, 5.41) is 0. The third-order valence-electron chi connectivity index (χ3n) is 3.02. The number of aromatic nitrogens is 2. The maximum Gasteiger partial charge on any atom is 0.242 e. The van der Waals surface area contributed by atoms with Gasteiger partial charge in [-0.3, -0.25) is 0 Å². The number of sulfonamides is 1. The van der Waals surface area contributed by atoms with Gasteiger partial charge in [0.1, 0.15) is 10.7 Å². The average Bonchev–Trinajstić information content (AvgIpc) is 2.87. The average molecular weight is 294 g/mol. The highest BCUT2D eigenvalue weighted by atomic mass is 32.2. The number of nitrogens with zero attached hydrogens (tertiary/aromatic N) is 2. The molecule has 1 aromatic heterocycles. The molecular weight excluding hydrogens is 276 g/mol. The minimum Gasteiger partial charge on any atom is -0.398 e. The first-order valence-electron chi connectivity index (χ1n) is 6.35. The van der Waals surface area contributed by atoms with Gasteiger partial charge in [0.25, 0.3) is 0 Å². The van der Waals surface area contributed by atoms with Gasteiger partial charge in [0.15, 0.2) is 0 Å². The molecule has 0 atom stereocenters. The lowest BCUT2D eigenvalue weighted by Crippen LogP contribution is -2.20. The highest BCUT2D eigenvalue weighted by Gasteiger charge is 2.16. The zero-order valence-electron chi connectivity index (χ0n) is 11.5. The van der Waals surface area contributed by atoms with Crippen molar-refractivity contribution in [3.05, 3.63) is 36.4 Å². The van der Waals surface area contributed by atoms with E-state index in [1.54, 1.807) is 18.3 Å². The Balaban J connectivity index is 2.46. The normalized spacial score (nSPS) is 11.7. The molecule has 0 aliphatic carbocycles. The molecule has 0 fully saturated rings. The van der Waals surface area contributed by atoms with Crippen LogP contribution in [0.4, 0.5) is 5.69 Å². The molecule has 0 radical (unpaired) electrons. The predicted molar refractivity (Wildman–Crippen MR) is 78.2 cm³/mol. The summed E-state index contributed by atoms with van der Waals surface area (Å²) in [5.41, 5.74) is 6.88. The fourth-order valence-electron chi connectivity index (χ4n) is 2.02. The molecule has 1 aromatic carbocycles. The van der Waals surface area contributed by atoms with Gasteiger partial charge < -0.3 is 10.3 Å². The number of rotatable bonds is 5. The van der Waals surface area contributed by atoms with Gasteiger partial charge in [-0.05, 0) is 31.7 Å². The van der Waals surface area contributed by atoms with Crippen LogP contribution >= 0.6 is 0 Å². The first kappa shape index (κ1) is 14.5. The van der Waals surface area contributed by atoms with Crippen LogP contribution in [0.15, 0.2) is 35.5 Å². The number of hydrogen-bond donors (Lipinski definition) is 2. The lowest BCUT2D eigenvalue weighted by molar-refractivity contribution is 0.588. The summed E-state index contributed by atoms with van der Waals surface area (Å²) in [6.45, 7) is 2.08. The van der Waals surface area contributed by atoms with Crippen molar-refractivity contribution >= 4 is 15.7 Å². The molecule has 108 valence electrons. The summed E-state index contributed by atoms with van der Waals surface area (Å²) in [6.07, 6.45) is 5.40. The lowest BCUT2D eigenvalue weighted by Gasteiger charge is -2.11. The molecule has 0 unspecified atom stereocenters. The van der Waals surface area contributed by atoms with Gasteiger partial charge in [0.05, 0.1) is 5.69 Å². The molecule has 0 aliphatic rings. The summed E-state index contributed by atoms with van der Waals surface area (Å²) in [5.74, 6) is 0.927. The molecule has 20 heavy (non-hydrogen) atoms. The maximum absolute atomic E-state index is 11.8. The van der Waals surface area contributed by atoms with E-state index in [-0.39, 0.29) is 10.6 Å². The van der Waals surface area contributed by atoms with E-state index in [2.05, 4.69) is 16.6 Å².